The number of aliphatic carboxylic acids is 1. The highest BCUT2D eigenvalue weighted by atomic mass is 35.5. The molecule has 7 heteroatoms. The Hall–Kier alpha value is -2.31. The quantitative estimate of drug-likeness (QED) is 0.867. The van der Waals surface area contributed by atoms with Crippen LogP contribution in [0.15, 0.2) is 60.0 Å². The number of sulfonamides is 1. The number of halogens is 1. The van der Waals surface area contributed by atoms with Gasteiger partial charge in [-0.15, -0.1) is 0 Å². The molecule has 0 aliphatic rings. The maximum atomic E-state index is 12.5. The van der Waals surface area contributed by atoms with Gasteiger partial charge in [0.15, 0.2) is 0 Å². The van der Waals surface area contributed by atoms with E-state index in [-0.39, 0.29) is 5.69 Å². The van der Waals surface area contributed by atoms with E-state index in [4.69, 9.17) is 16.7 Å². The lowest BCUT2D eigenvalue weighted by Gasteiger charge is -2.20. The van der Waals surface area contributed by atoms with Crippen molar-refractivity contribution < 1.29 is 18.3 Å². The Kier molecular flexibility index (Phi) is 5.41. The van der Waals surface area contributed by atoms with Crippen molar-refractivity contribution in [3.8, 4) is 0 Å². The van der Waals surface area contributed by atoms with Gasteiger partial charge in [-0.2, -0.15) is 0 Å². The van der Waals surface area contributed by atoms with E-state index in [0.29, 0.717) is 10.6 Å². The molecule has 0 saturated heterocycles. The highest BCUT2D eigenvalue weighted by Gasteiger charge is 2.22. The fraction of sp³-hybridized carbons (Fsp3) is 0.0625. The molecule has 5 nitrogen and oxygen atoms in total. The summed E-state index contributed by atoms with van der Waals surface area (Å²) >= 11 is 5.98. The van der Waals surface area contributed by atoms with Crippen molar-refractivity contribution >= 4 is 39.4 Å². The summed E-state index contributed by atoms with van der Waals surface area (Å²) in [6.07, 6.45) is 1.34. The van der Waals surface area contributed by atoms with E-state index in [0.717, 1.165) is 9.71 Å². The first kappa shape index (κ1) is 17.1. The van der Waals surface area contributed by atoms with Gasteiger partial charge < -0.3 is 5.11 Å². The lowest BCUT2D eigenvalue weighted by atomic mass is 10.2. The molecule has 1 N–H and O–H groups in total. The number of rotatable bonds is 6. The number of carboxylic acid groups (broad SMARTS) is 1. The minimum absolute atomic E-state index is 0.277. The van der Waals surface area contributed by atoms with Gasteiger partial charge in [0.2, 0.25) is 0 Å². The molecule has 0 aromatic heterocycles. The Morgan fingerprint density at radius 1 is 1.09 bits per heavy atom. The van der Waals surface area contributed by atoms with Crippen LogP contribution in [-0.2, 0) is 14.8 Å². The van der Waals surface area contributed by atoms with Gasteiger partial charge in [-0.25, -0.2) is 8.42 Å². The first-order valence-corrected chi connectivity index (χ1v) is 8.50. The molecule has 0 aliphatic heterocycles. The van der Waals surface area contributed by atoms with Crippen LogP contribution >= 0.6 is 11.6 Å². The number of carboxylic acids is 1. The molecule has 0 fully saturated rings. The second-order valence-corrected chi connectivity index (χ2v) is 6.76. The molecule has 2 aromatic carbocycles. The van der Waals surface area contributed by atoms with E-state index in [2.05, 4.69) is 0 Å². The van der Waals surface area contributed by atoms with Crippen LogP contribution in [0.1, 0.15) is 5.56 Å². The summed E-state index contributed by atoms with van der Waals surface area (Å²) in [4.78, 5) is 11.0. The number of nitrogens with zero attached hydrogens (tertiary/aromatic N) is 1. The Labute approximate surface area is 139 Å². The van der Waals surface area contributed by atoms with E-state index in [1.54, 1.807) is 42.5 Å². The highest BCUT2D eigenvalue weighted by molar-refractivity contribution is 7.95. The molecule has 0 atom stereocenters. The van der Waals surface area contributed by atoms with Gasteiger partial charge in [0, 0.05) is 5.02 Å². The van der Waals surface area contributed by atoms with Crippen molar-refractivity contribution in [2.24, 2.45) is 0 Å². The number of carbonyl (C=O) groups is 1. The zero-order chi connectivity index (χ0) is 16.9. The Bertz CT molecular complexity index is 819. The van der Waals surface area contributed by atoms with Crippen LogP contribution in [0.2, 0.25) is 5.02 Å². The molecular formula is C16H14ClNO4S. The van der Waals surface area contributed by atoms with Gasteiger partial charge in [0.05, 0.1) is 11.1 Å². The Balaban J connectivity index is 2.37. The zero-order valence-electron chi connectivity index (χ0n) is 12.0. The average molecular weight is 352 g/mol. The third-order valence-electron chi connectivity index (χ3n) is 2.96. The van der Waals surface area contributed by atoms with Crippen molar-refractivity contribution in [2.45, 2.75) is 0 Å². The average Bonchev–Trinajstić information content (AvgIpc) is 2.52. The lowest BCUT2D eigenvalue weighted by molar-refractivity contribution is -0.135. The number of hydrogen-bond donors (Lipinski definition) is 1. The molecule has 0 radical (unpaired) electrons. The molecule has 0 saturated carbocycles. The fourth-order valence-electron chi connectivity index (χ4n) is 1.89. The molecule has 0 amide bonds. The summed E-state index contributed by atoms with van der Waals surface area (Å²) in [6.45, 7) is -0.667. The molecule has 0 unspecified atom stereocenters. The highest BCUT2D eigenvalue weighted by Crippen LogP contribution is 2.21. The maximum absolute atomic E-state index is 12.5. The van der Waals surface area contributed by atoms with Crippen molar-refractivity contribution in [2.75, 3.05) is 10.8 Å². The van der Waals surface area contributed by atoms with Crippen LogP contribution in [0.5, 0.6) is 0 Å². The van der Waals surface area contributed by atoms with E-state index < -0.39 is 22.5 Å². The van der Waals surface area contributed by atoms with Crippen LogP contribution in [-0.4, -0.2) is 26.0 Å². The smallest absolute Gasteiger partial charge is 0.324 e. The molecule has 0 bridgehead atoms. The predicted molar refractivity (Wildman–Crippen MR) is 90.8 cm³/mol. The van der Waals surface area contributed by atoms with E-state index >= 15 is 0 Å². The van der Waals surface area contributed by atoms with Gasteiger partial charge >= 0.3 is 5.97 Å². The lowest BCUT2D eigenvalue weighted by Crippen LogP contribution is -2.34. The third-order valence-corrected chi connectivity index (χ3v) is 4.73. The van der Waals surface area contributed by atoms with Crippen LogP contribution < -0.4 is 4.31 Å². The van der Waals surface area contributed by atoms with Crippen LogP contribution in [0.4, 0.5) is 5.69 Å². The standard InChI is InChI=1S/C16H14ClNO4S/c17-15-9-5-4-6-13(15)10-11-23(21,22)18(12-16(19)20)14-7-2-1-3-8-14/h1-11H,12H2,(H,19,20). The van der Waals surface area contributed by atoms with Gasteiger partial charge in [0.25, 0.3) is 10.0 Å². The van der Waals surface area contributed by atoms with E-state index in [9.17, 15) is 13.2 Å². The maximum Gasteiger partial charge on any atom is 0.324 e. The number of anilines is 1. The number of benzene rings is 2. The van der Waals surface area contributed by atoms with Gasteiger partial charge in [-0.05, 0) is 29.8 Å². The minimum atomic E-state index is -3.97. The van der Waals surface area contributed by atoms with E-state index in [1.165, 1.54) is 18.2 Å². The largest absolute Gasteiger partial charge is 0.480 e. The molecule has 0 spiro atoms. The normalized spacial score (nSPS) is 11.5. The first-order chi connectivity index (χ1) is 10.9. The zero-order valence-corrected chi connectivity index (χ0v) is 13.5. The molecule has 2 aromatic rings. The summed E-state index contributed by atoms with van der Waals surface area (Å²) in [6, 6.07) is 14.8. The van der Waals surface area contributed by atoms with Gasteiger partial charge in [0.1, 0.15) is 6.54 Å². The second-order valence-electron chi connectivity index (χ2n) is 4.61. The molecule has 0 aliphatic carbocycles. The van der Waals surface area contributed by atoms with Crippen molar-refractivity contribution in [3.63, 3.8) is 0 Å². The van der Waals surface area contributed by atoms with Crippen LogP contribution in [0.3, 0.4) is 0 Å². The summed E-state index contributed by atoms with van der Waals surface area (Å²) in [5, 5.41) is 10.3. The second kappa shape index (κ2) is 7.30. The number of hydrogen-bond acceptors (Lipinski definition) is 3. The third kappa shape index (κ3) is 4.58. The Morgan fingerprint density at radius 2 is 1.70 bits per heavy atom. The van der Waals surface area contributed by atoms with Crippen molar-refractivity contribution in [3.05, 3.63) is 70.6 Å². The summed E-state index contributed by atoms with van der Waals surface area (Å²) in [5.74, 6) is -1.25. The summed E-state index contributed by atoms with van der Waals surface area (Å²) in [5.41, 5.74) is 0.805. The first-order valence-electron chi connectivity index (χ1n) is 6.62. The fourth-order valence-corrected chi connectivity index (χ4v) is 3.26. The Morgan fingerprint density at radius 3 is 2.30 bits per heavy atom. The van der Waals surface area contributed by atoms with Crippen LogP contribution in [0, 0.1) is 0 Å². The van der Waals surface area contributed by atoms with Crippen molar-refractivity contribution in [1.82, 2.24) is 0 Å². The number of para-hydroxylation sites is 1. The van der Waals surface area contributed by atoms with Crippen LogP contribution in [0.25, 0.3) is 6.08 Å². The molecule has 2 rings (SSSR count). The molecular weight excluding hydrogens is 338 g/mol. The molecule has 0 heterocycles. The summed E-state index contributed by atoms with van der Waals surface area (Å²) in [7, 11) is -3.97. The van der Waals surface area contributed by atoms with E-state index in [1.807, 2.05) is 0 Å². The predicted octanol–water partition coefficient (Wildman–Crippen LogP) is 3.23. The molecule has 23 heavy (non-hydrogen) atoms. The molecule has 120 valence electrons. The summed E-state index contributed by atoms with van der Waals surface area (Å²) < 4.78 is 25.8. The minimum Gasteiger partial charge on any atom is -0.480 e. The topological polar surface area (TPSA) is 74.7 Å². The van der Waals surface area contributed by atoms with Gasteiger partial charge in [-0.3, -0.25) is 9.10 Å². The monoisotopic (exact) mass is 351 g/mol. The van der Waals surface area contributed by atoms with Gasteiger partial charge in [-0.1, -0.05) is 48.0 Å². The SMILES string of the molecule is O=C(O)CN(c1ccccc1)S(=O)(=O)C=Cc1ccccc1Cl. The van der Waals surface area contributed by atoms with Crippen molar-refractivity contribution in [1.29, 1.82) is 0 Å².